The molecule has 0 nitrogen and oxygen atoms in total. The molecule has 1 aromatic rings. The molecule has 0 radical (unpaired) electrons. The molecule has 12 heavy (non-hydrogen) atoms. The van der Waals surface area contributed by atoms with Crippen molar-refractivity contribution in [2.24, 2.45) is 5.92 Å². The molecule has 1 atom stereocenters. The van der Waals surface area contributed by atoms with Crippen LogP contribution in [-0.2, 0) is 6.42 Å². The first kappa shape index (κ1) is 8.76. The van der Waals surface area contributed by atoms with Crippen LogP contribution in [0.15, 0.2) is 17.5 Å². The van der Waals surface area contributed by atoms with Gasteiger partial charge in [0.1, 0.15) is 0 Å². The van der Waals surface area contributed by atoms with E-state index in [0.717, 1.165) is 10.7 Å². The quantitative estimate of drug-likeness (QED) is 0.707. The molecule has 1 aliphatic carbocycles. The molecule has 0 spiro atoms. The maximum Gasteiger partial charge on any atom is 0.0177 e. The van der Waals surface area contributed by atoms with Crippen molar-refractivity contribution in [1.29, 1.82) is 0 Å². The van der Waals surface area contributed by atoms with E-state index in [1.165, 1.54) is 30.6 Å². The average Bonchev–Trinajstić information content (AvgIpc) is 2.80. The second-order valence-electron chi connectivity index (χ2n) is 3.47. The monoisotopic (exact) mass is 244 g/mol. The number of rotatable bonds is 4. The summed E-state index contributed by atoms with van der Waals surface area (Å²) >= 11 is 5.63. The summed E-state index contributed by atoms with van der Waals surface area (Å²) in [6.07, 6.45) is 5.45. The van der Waals surface area contributed by atoms with Gasteiger partial charge in [0, 0.05) is 9.70 Å². The SMILES string of the molecule is BrC(CCc1cccs1)C1CC1. The van der Waals surface area contributed by atoms with Crippen LogP contribution in [0.4, 0.5) is 0 Å². The van der Waals surface area contributed by atoms with E-state index in [1.54, 1.807) is 0 Å². The molecule has 0 amide bonds. The van der Waals surface area contributed by atoms with Crippen LogP contribution in [0.25, 0.3) is 0 Å². The number of halogens is 1. The van der Waals surface area contributed by atoms with Crippen LogP contribution in [-0.4, -0.2) is 4.83 Å². The Morgan fingerprint density at radius 1 is 1.58 bits per heavy atom. The molecule has 1 heterocycles. The topological polar surface area (TPSA) is 0 Å². The van der Waals surface area contributed by atoms with Crippen LogP contribution in [0.3, 0.4) is 0 Å². The number of alkyl halides is 1. The van der Waals surface area contributed by atoms with E-state index >= 15 is 0 Å². The zero-order chi connectivity index (χ0) is 8.39. The first-order chi connectivity index (χ1) is 5.86. The Balaban J connectivity index is 1.74. The third-order valence-corrected chi connectivity index (χ3v) is 4.52. The largest absolute Gasteiger partial charge is 0.149 e. The van der Waals surface area contributed by atoms with Gasteiger partial charge in [-0.2, -0.15) is 0 Å². The van der Waals surface area contributed by atoms with E-state index in [4.69, 9.17) is 0 Å². The predicted octanol–water partition coefficient (Wildman–Crippen LogP) is 3.85. The molecule has 1 saturated carbocycles. The molecule has 1 aliphatic rings. The highest BCUT2D eigenvalue weighted by Crippen LogP contribution is 2.38. The van der Waals surface area contributed by atoms with Crippen molar-refractivity contribution in [1.82, 2.24) is 0 Å². The molecular weight excluding hydrogens is 232 g/mol. The van der Waals surface area contributed by atoms with Gasteiger partial charge in [0.2, 0.25) is 0 Å². The third-order valence-electron chi connectivity index (χ3n) is 2.38. The van der Waals surface area contributed by atoms with Crippen LogP contribution in [0.1, 0.15) is 24.1 Å². The van der Waals surface area contributed by atoms with Gasteiger partial charge >= 0.3 is 0 Å². The normalized spacial score (nSPS) is 19.4. The fourth-order valence-corrected chi connectivity index (χ4v) is 2.91. The maximum absolute atomic E-state index is 3.76. The van der Waals surface area contributed by atoms with Crippen molar-refractivity contribution >= 4 is 27.3 Å². The van der Waals surface area contributed by atoms with Gasteiger partial charge < -0.3 is 0 Å². The summed E-state index contributed by atoms with van der Waals surface area (Å²) in [4.78, 5) is 2.31. The predicted molar refractivity (Wildman–Crippen MR) is 58.1 cm³/mol. The first-order valence-electron chi connectivity index (χ1n) is 4.53. The van der Waals surface area contributed by atoms with E-state index in [2.05, 4.69) is 33.4 Å². The molecule has 0 saturated heterocycles. The van der Waals surface area contributed by atoms with Crippen LogP contribution in [0.5, 0.6) is 0 Å². The summed E-state index contributed by atoms with van der Waals surface area (Å²) in [6, 6.07) is 4.37. The van der Waals surface area contributed by atoms with Gasteiger partial charge in [0.25, 0.3) is 0 Å². The highest BCUT2D eigenvalue weighted by molar-refractivity contribution is 9.09. The van der Waals surface area contributed by atoms with Gasteiger partial charge in [-0.05, 0) is 43.0 Å². The summed E-state index contributed by atoms with van der Waals surface area (Å²) in [7, 11) is 0. The minimum atomic E-state index is 0.777. The van der Waals surface area contributed by atoms with Crippen molar-refractivity contribution in [3.8, 4) is 0 Å². The maximum atomic E-state index is 3.76. The zero-order valence-corrected chi connectivity index (χ0v) is 9.40. The smallest absolute Gasteiger partial charge is 0.0177 e. The molecule has 66 valence electrons. The summed E-state index contributed by atoms with van der Waals surface area (Å²) in [6.45, 7) is 0. The summed E-state index contributed by atoms with van der Waals surface area (Å²) in [5.74, 6) is 0.991. The summed E-state index contributed by atoms with van der Waals surface area (Å²) in [5, 5.41) is 2.16. The minimum absolute atomic E-state index is 0.777. The Morgan fingerprint density at radius 3 is 3.00 bits per heavy atom. The highest BCUT2D eigenvalue weighted by Gasteiger charge is 2.28. The number of hydrogen-bond acceptors (Lipinski definition) is 1. The van der Waals surface area contributed by atoms with Crippen LogP contribution in [0.2, 0.25) is 0 Å². The molecule has 0 aromatic carbocycles. The second kappa shape index (κ2) is 3.93. The van der Waals surface area contributed by atoms with Gasteiger partial charge in [-0.1, -0.05) is 22.0 Å². The lowest BCUT2D eigenvalue weighted by atomic mass is 10.1. The van der Waals surface area contributed by atoms with Crippen molar-refractivity contribution < 1.29 is 0 Å². The lowest BCUT2D eigenvalue weighted by Crippen LogP contribution is -2.01. The second-order valence-corrected chi connectivity index (χ2v) is 5.68. The average molecular weight is 245 g/mol. The van der Waals surface area contributed by atoms with Crippen molar-refractivity contribution in [3.63, 3.8) is 0 Å². The van der Waals surface area contributed by atoms with E-state index in [1.807, 2.05) is 11.3 Å². The summed E-state index contributed by atoms with van der Waals surface area (Å²) < 4.78 is 0. The molecule has 0 bridgehead atoms. The first-order valence-corrected chi connectivity index (χ1v) is 6.32. The lowest BCUT2D eigenvalue weighted by Gasteiger charge is -2.05. The van der Waals surface area contributed by atoms with Crippen LogP contribution < -0.4 is 0 Å². The Bertz CT molecular complexity index is 226. The van der Waals surface area contributed by atoms with Crippen molar-refractivity contribution in [2.45, 2.75) is 30.5 Å². The Morgan fingerprint density at radius 2 is 2.42 bits per heavy atom. The highest BCUT2D eigenvalue weighted by atomic mass is 79.9. The molecule has 2 heteroatoms. The molecular formula is C10H13BrS. The van der Waals surface area contributed by atoms with Gasteiger partial charge in [0.15, 0.2) is 0 Å². The molecule has 1 aromatic heterocycles. The lowest BCUT2D eigenvalue weighted by molar-refractivity contribution is 0.701. The number of thiophene rings is 1. The molecule has 0 aliphatic heterocycles. The van der Waals surface area contributed by atoms with Gasteiger partial charge in [-0.15, -0.1) is 11.3 Å². The fourth-order valence-electron chi connectivity index (χ4n) is 1.43. The minimum Gasteiger partial charge on any atom is -0.149 e. The van der Waals surface area contributed by atoms with E-state index in [9.17, 15) is 0 Å². The molecule has 1 fully saturated rings. The molecule has 2 rings (SSSR count). The van der Waals surface area contributed by atoms with E-state index in [0.29, 0.717) is 0 Å². The number of hydrogen-bond donors (Lipinski definition) is 0. The Hall–Kier alpha value is 0.180. The molecule has 0 N–H and O–H groups in total. The summed E-state index contributed by atoms with van der Waals surface area (Å²) in [5.41, 5.74) is 0. The van der Waals surface area contributed by atoms with Gasteiger partial charge in [-0.25, -0.2) is 0 Å². The van der Waals surface area contributed by atoms with E-state index in [-0.39, 0.29) is 0 Å². The Labute approximate surface area is 86.1 Å². The van der Waals surface area contributed by atoms with Crippen LogP contribution in [0, 0.1) is 5.92 Å². The van der Waals surface area contributed by atoms with Gasteiger partial charge in [-0.3, -0.25) is 0 Å². The van der Waals surface area contributed by atoms with Crippen molar-refractivity contribution in [2.75, 3.05) is 0 Å². The van der Waals surface area contributed by atoms with E-state index < -0.39 is 0 Å². The van der Waals surface area contributed by atoms with Crippen LogP contribution >= 0.6 is 27.3 Å². The molecule has 1 unspecified atom stereocenters. The standard InChI is InChI=1S/C10H13BrS/c11-10(8-3-4-8)6-5-9-2-1-7-12-9/h1-2,7-8,10H,3-6H2. The third kappa shape index (κ3) is 2.33. The van der Waals surface area contributed by atoms with Gasteiger partial charge in [0.05, 0.1) is 0 Å². The van der Waals surface area contributed by atoms with Crippen molar-refractivity contribution in [3.05, 3.63) is 22.4 Å². The zero-order valence-electron chi connectivity index (χ0n) is 7.00. The fraction of sp³-hybridized carbons (Fsp3) is 0.600. The Kier molecular flexibility index (Phi) is 2.87. The number of aryl methyl sites for hydroxylation is 1.